The van der Waals surface area contributed by atoms with Crippen LogP contribution in [0, 0.1) is 0 Å². The molecule has 78 valence electrons. The van der Waals surface area contributed by atoms with E-state index in [-0.39, 0.29) is 5.91 Å². The summed E-state index contributed by atoms with van der Waals surface area (Å²) in [4.78, 5) is 11.1. The van der Waals surface area contributed by atoms with Crippen molar-refractivity contribution in [3.05, 3.63) is 18.0 Å². The quantitative estimate of drug-likeness (QED) is 0.654. The predicted octanol–water partition coefficient (Wildman–Crippen LogP) is -0.702. The van der Waals surface area contributed by atoms with Crippen LogP contribution in [0.3, 0.4) is 0 Å². The molecule has 1 rings (SSSR count). The summed E-state index contributed by atoms with van der Waals surface area (Å²) >= 11 is 0. The van der Waals surface area contributed by atoms with Gasteiger partial charge in [-0.2, -0.15) is 5.10 Å². The Kier molecular flexibility index (Phi) is 4.12. The normalized spacial score (nSPS) is 10.1. The molecule has 5 heteroatoms. The van der Waals surface area contributed by atoms with Gasteiger partial charge in [-0.05, 0) is 13.1 Å². The molecule has 1 aromatic rings. The van der Waals surface area contributed by atoms with Crippen molar-refractivity contribution in [3.63, 3.8) is 0 Å². The van der Waals surface area contributed by atoms with Crippen LogP contribution < -0.4 is 10.6 Å². The van der Waals surface area contributed by atoms with Gasteiger partial charge in [0.25, 0.3) is 0 Å². The molecule has 2 N–H and O–H groups in total. The topological polar surface area (TPSA) is 59.0 Å². The molecule has 0 aromatic carbocycles. The average molecular weight is 196 g/mol. The summed E-state index contributed by atoms with van der Waals surface area (Å²) < 4.78 is 1.81. The van der Waals surface area contributed by atoms with E-state index in [0.717, 1.165) is 12.1 Å². The third kappa shape index (κ3) is 3.18. The minimum atomic E-state index is 0.0228. The minimum absolute atomic E-state index is 0.0228. The number of nitrogens with zero attached hydrogens (tertiary/aromatic N) is 2. The Morgan fingerprint density at radius 3 is 3.00 bits per heavy atom. The van der Waals surface area contributed by atoms with E-state index in [1.54, 1.807) is 13.2 Å². The van der Waals surface area contributed by atoms with Crippen LogP contribution >= 0.6 is 0 Å². The molecule has 0 fully saturated rings. The fraction of sp³-hybridized carbons (Fsp3) is 0.556. The molecule has 0 unspecified atom stereocenters. The molecule has 1 heterocycles. The van der Waals surface area contributed by atoms with Gasteiger partial charge in [0.05, 0.1) is 6.54 Å². The van der Waals surface area contributed by atoms with Crippen LogP contribution in [-0.2, 0) is 18.3 Å². The number of aryl methyl sites for hydroxylation is 1. The number of carbonyl (C=O) groups excluding carboxylic acids is 1. The number of rotatable bonds is 5. The average Bonchev–Trinajstić information content (AvgIpc) is 2.52. The Morgan fingerprint density at radius 2 is 2.43 bits per heavy atom. The second-order valence-corrected chi connectivity index (χ2v) is 3.08. The summed E-state index contributed by atoms with van der Waals surface area (Å²) in [5, 5.41) is 9.64. The number of nitrogens with one attached hydrogen (secondary N) is 2. The molecular formula is C9H16N4O. The largest absolute Gasteiger partial charge is 0.355 e. The van der Waals surface area contributed by atoms with E-state index >= 15 is 0 Å². The zero-order valence-electron chi connectivity index (χ0n) is 8.58. The number of amides is 1. The van der Waals surface area contributed by atoms with Gasteiger partial charge < -0.3 is 10.6 Å². The summed E-state index contributed by atoms with van der Waals surface area (Å²) in [6.45, 7) is 1.02. The van der Waals surface area contributed by atoms with Crippen LogP contribution in [0.4, 0.5) is 0 Å². The van der Waals surface area contributed by atoms with Gasteiger partial charge in [-0.15, -0.1) is 0 Å². The van der Waals surface area contributed by atoms with Gasteiger partial charge in [-0.3, -0.25) is 9.48 Å². The molecule has 0 radical (unpaired) electrons. The first-order chi connectivity index (χ1) is 6.74. The van der Waals surface area contributed by atoms with Crippen molar-refractivity contribution in [2.75, 3.05) is 20.1 Å². The Labute approximate surface area is 83.5 Å². The van der Waals surface area contributed by atoms with Crippen LogP contribution in [-0.4, -0.2) is 35.8 Å². The summed E-state index contributed by atoms with van der Waals surface area (Å²) in [6.07, 6.45) is 2.57. The first-order valence-corrected chi connectivity index (χ1v) is 4.62. The van der Waals surface area contributed by atoms with Gasteiger partial charge in [0.15, 0.2) is 0 Å². The van der Waals surface area contributed by atoms with Crippen LogP contribution in [0.25, 0.3) is 0 Å². The summed E-state index contributed by atoms with van der Waals surface area (Å²) in [5.74, 6) is 0.0228. The van der Waals surface area contributed by atoms with Gasteiger partial charge in [0, 0.05) is 31.9 Å². The number of hydrogen-bond acceptors (Lipinski definition) is 3. The Hall–Kier alpha value is -1.36. The highest BCUT2D eigenvalue weighted by atomic mass is 16.1. The maximum atomic E-state index is 11.1. The third-order valence-electron chi connectivity index (χ3n) is 1.96. The molecule has 14 heavy (non-hydrogen) atoms. The highest BCUT2D eigenvalue weighted by Crippen LogP contribution is 1.95. The molecule has 1 amide bonds. The van der Waals surface area contributed by atoms with Crippen molar-refractivity contribution in [2.45, 2.75) is 6.42 Å². The Bertz CT molecular complexity index is 295. The fourth-order valence-electron chi connectivity index (χ4n) is 1.20. The molecule has 0 spiro atoms. The van der Waals surface area contributed by atoms with Crippen LogP contribution in [0.1, 0.15) is 5.69 Å². The molecule has 0 aliphatic carbocycles. The lowest BCUT2D eigenvalue weighted by atomic mass is 10.3. The van der Waals surface area contributed by atoms with Gasteiger partial charge in [-0.25, -0.2) is 0 Å². The second-order valence-electron chi connectivity index (χ2n) is 3.08. The van der Waals surface area contributed by atoms with Crippen LogP contribution in [0.5, 0.6) is 0 Å². The summed E-state index contributed by atoms with van der Waals surface area (Å²) in [6, 6.07) is 1.95. The van der Waals surface area contributed by atoms with Gasteiger partial charge in [0.2, 0.25) is 5.91 Å². The van der Waals surface area contributed by atoms with Gasteiger partial charge in [-0.1, -0.05) is 0 Å². The number of aromatic nitrogens is 2. The lowest BCUT2D eigenvalue weighted by molar-refractivity contribution is -0.120. The third-order valence-corrected chi connectivity index (χ3v) is 1.96. The van der Waals surface area contributed by atoms with E-state index in [9.17, 15) is 4.79 Å². The first kappa shape index (κ1) is 10.7. The minimum Gasteiger partial charge on any atom is -0.355 e. The molecule has 0 bridgehead atoms. The van der Waals surface area contributed by atoms with Crippen LogP contribution in [0.2, 0.25) is 0 Å². The van der Waals surface area contributed by atoms with Crippen molar-refractivity contribution >= 4 is 5.91 Å². The fourth-order valence-corrected chi connectivity index (χ4v) is 1.20. The van der Waals surface area contributed by atoms with E-state index in [2.05, 4.69) is 15.7 Å². The molecule has 1 aromatic heterocycles. The predicted molar refractivity (Wildman–Crippen MR) is 53.8 cm³/mol. The summed E-state index contributed by atoms with van der Waals surface area (Å²) in [5.41, 5.74) is 1.12. The highest BCUT2D eigenvalue weighted by molar-refractivity contribution is 5.77. The zero-order chi connectivity index (χ0) is 10.4. The van der Waals surface area contributed by atoms with Crippen LogP contribution in [0.15, 0.2) is 12.3 Å². The molecule has 0 saturated heterocycles. The van der Waals surface area contributed by atoms with Crippen molar-refractivity contribution in [1.82, 2.24) is 20.4 Å². The zero-order valence-corrected chi connectivity index (χ0v) is 8.58. The first-order valence-electron chi connectivity index (χ1n) is 4.62. The van der Waals surface area contributed by atoms with Crippen molar-refractivity contribution in [1.29, 1.82) is 0 Å². The van der Waals surface area contributed by atoms with E-state index in [1.165, 1.54) is 0 Å². The van der Waals surface area contributed by atoms with Crippen molar-refractivity contribution in [2.24, 2.45) is 7.05 Å². The molecule has 0 aliphatic heterocycles. The monoisotopic (exact) mass is 196 g/mol. The number of hydrogen-bond donors (Lipinski definition) is 2. The second kappa shape index (κ2) is 5.39. The van der Waals surface area contributed by atoms with E-state index in [0.29, 0.717) is 13.1 Å². The van der Waals surface area contributed by atoms with Gasteiger partial charge in [0.1, 0.15) is 0 Å². The van der Waals surface area contributed by atoms with E-state index in [1.807, 2.05) is 17.8 Å². The Balaban J connectivity index is 2.22. The number of likely N-dealkylation sites (N-methyl/N-ethyl adjacent to an activating group) is 1. The molecule has 0 aliphatic rings. The highest BCUT2D eigenvalue weighted by Gasteiger charge is 2.00. The molecule has 0 atom stereocenters. The maximum absolute atomic E-state index is 11.1. The maximum Gasteiger partial charge on any atom is 0.233 e. The van der Waals surface area contributed by atoms with E-state index < -0.39 is 0 Å². The van der Waals surface area contributed by atoms with Gasteiger partial charge >= 0.3 is 0 Å². The molecular weight excluding hydrogens is 180 g/mol. The Morgan fingerprint density at radius 1 is 1.64 bits per heavy atom. The molecule has 0 saturated carbocycles. The van der Waals surface area contributed by atoms with E-state index in [4.69, 9.17) is 0 Å². The lowest BCUT2D eigenvalue weighted by Gasteiger charge is -2.04. The van der Waals surface area contributed by atoms with Crippen molar-refractivity contribution in [3.8, 4) is 0 Å². The summed E-state index contributed by atoms with van der Waals surface area (Å²) in [7, 11) is 3.64. The standard InChI is InChI=1S/C9H16N4O/c1-10-7-9(14)11-5-3-8-4-6-12-13(8)2/h4,6,10H,3,5,7H2,1-2H3,(H,11,14). The lowest BCUT2D eigenvalue weighted by Crippen LogP contribution is -2.33. The smallest absolute Gasteiger partial charge is 0.233 e. The molecule has 5 nitrogen and oxygen atoms in total. The SMILES string of the molecule is CNCC(=O)NCCc1ccnn1C. The van der Waals surface area contributed by atoms with Crippen molar-refractivity contribution < 1.29 is 4.79 Å². The number of carbonyl (C=O) groups is 1.